The maximum Gasteiger partial charge on any atom is 0.253 e. The van der Waals surface area contributed by atoms with E-state index in [1.807, 2.05) is 13.8 Å². The zero-order valence-electron chi connectivity index (χ0n) is 11.8. The Hall–Kier alpha value is -1.75. The van der Waals surface area contributed by atoms with Crippen LogP contribution in [0.25, 0.3) is 0 Å². The van der Waals surface area contributed by atoms with Gasteiger partial charge in [0.05, 0.1) is 16.3 Å². The van der Waals surface area contributed by atoms with Gasteiger partial charge in [-0.15, -0.1) is 0 Å². The highest BCUT2D eigenvalue weighted by Gasteiger charge is 2.13. The van der Waals surface area contributed by atoms with E-state index in [0.29, 0.717) is 23.7 Å². The number of nitrogens with two attached hydrogens (primary N) is 1. The van der Waals surface area contributed by atoms with E-state index in [1.165, 1.54) is 0 Å². The third-order valence-corrected chi connectivity index (χ3v) is 3.37. The minimum absolute atomic E-state index is 0.0226. The van der Waals surface area contributed by atoms with Crippen molar-refractivity contribution in [2.24, 2.45) is 0 Å². The molecule has 0 saturated heterocycles. The normalized spacial score (nSPS) is 10.2. The first kappa shape index (κ1) is 16.3. The zero-order chi connectivity index (χ0) is 15.1. The van der Waals surface area contributed by atoms with E-state index in [-0.39, 0.29) is 30.5 Å². The topological polar surface area (TPSA) is 75.4 Å². The van der Waals surface area contributed by atoms with E-state index in [4.69, 9.17) is 17.3 Å². The van der Waals surface area contributed by atoms with Crippen molar-refractivity contribution in [1.29, 1.82) is 0 Å². The van der Waals surface area contributed by atoms with Gasteiger partial charge in [-0.2, -0.15) is 0 Å². The highest BCUT2D eigenvalue weighted by atomic mass is 35.5. The highest BCUT2D eigenvalue weighted by Crippen LogP contribution is 2.22. The number of carbonyl (C=O) groups is 2. The number of para-hydroxylation sites is 1. The molecule has 2 amide bonds. The lowest BCUT2D eigenvalue weighted by molar-refractivity contribution is -0.130. The number of nitrogens with one attached hydrogen (secondary N) is 1. The molecule has 0 spiro atoms. The summed E-state index contributed by atoms with van der Waals surface area (Å²) >= 11 is 5.86. The molecule has 1 aromatic rings. The van der Waals surface area contributed by atoms with Crippen molar-refractivity contribution in [3.8, 4) is 0 Å². The van der Waals surface area contributed by atoms with Crippen LogP contribution >= 0.6 is 11.6 Å². The number of hydrogen-bond acceptors (Lipinski definition) is 3. The first-order valence-corrected chi connectivity index (χ1v) is 6.99. The average molecular weight is 298 g/mol. The molecule has 0 aliphatic carbocycles. The molecule has 110 valence electrons. The maximum atomic E-state index is 11.9. The third kappa shape index (κ3) is 4.13. The van der Waals surface area contributed by atoms with Crippen LogP contribution in [-0.4, -0.2) is 36.3 Å². The fourth-order valence-corrected chi connectivity index (χ4v) is 2.02. The lowest BCUT2D eigenvalue weighted by Gasteiger charge is -2.18. The van der Waals surface area contributed by atoms with E-state index in [1.54, 1.807) is 23.1 Å². The maximum absolute atomic E-state index is 11.9. The Bertz CT molecular complexity index is 487. The largest absolute Gasteiger partial charge is 0.397 e. The average Bonchev–Trinajstić information content (AvgIpc) is 2.43. The van der Waals surface area contributed by atoms with Crippen molar-refractivity contribution in [1.82, 2.24) is 10.2 Å². The molecule has 6 heteroatoms. The number of amides is 2. The van der Waals surface area contributed by atoms with Crippen LogP contribution in [0.2, 0.25) is 5.02 Å². The van der Waals surface area contributed by atoms with Crippen LogP contribution in [0.5, 0.6) is 0 Å². The van der Waals surface area contributed by atoms with Gasteiger partial charge in [-0.3, -0.25) is 9.59 Å². The van der Waals surface area contributed by atoms with Crippen molar-refractivity contribution >= 4 is 29.1 Å². The van der Waals surface area contributed by atoms with Gasteiger partial charge in [0.25, 0.3) is 5.91 Å². The third-order valence-electron chi connectivity index (χ3n) is 3.04. The summed E-state index contributed by atoms with van der Waals surface area (Å²) in [4.78, 5) is 25.4. The van der Waals surface area contributed by atoms with E-state index in [0.717, 1.165) is 0 Å². The van der Waals surface area contributed by atoms with Crippen molar-refractivity contribution in [2.45, 2.75) is 20.3 Å². The van der Waals surface area contributed by atoms with E-state index in [9.17, 15) is 9.59 Å². The first-order chi connectivity index (χ1) is 9.51. The van der Waals surface area contributed by atoms with Crippen molar-refractivity contribution < 1.29 is 9.59 Å². The summed E-state index contributed by atoms with van der Waals surface area (Å²) in [5.74, 6) is -0.299. The van der Waals surface area contributed by atoms with Gasteiger partial charge >= 0.3 is 0 Å². The molecule has 5 nitrogen and oxygen atoms in total. The number of benzene rings is 1. The van der Waals surface area contributed by atoms with Crippen molar-refractivity contribution in [2.75, 3.05) is 25.4 Å². The molecule has 0 unspecified atom stereocenters. The van der Waals surface area contributed by atoms with E-state index < -0.39 is 0 Å². The lowest BCUT2D eigenvalue weighted by atomic mass is 10.1. The second-order valence-corrected chi connectivity index (χ2v) is 4.68. The first-order valence-electron chi connectivity index (χ1n) is 6.61. The Morgan fingerprint density at radius 1 is 1.30 bits per heavy atom. The number of nitrogens with zero attached hydrogens (tertiary/aromatic N) is 1. The number of nitrogen functional groups attached to an aromatic ring is 1. The van der Waals surface area contributed by atoms with Gasteiger partial charge in [-0.05, 0) is 26.0 Å². The number of carbonyl (C=O) groups excluding carboxylic acids is 2. The molecule has 1 rings (SSSR count). The Kier molecular flexibility index (Phi) is 6.31. The fourth-order valence-electron chi connectivity index (χ4n) is 1.85. The molecule has 0 aliphatic heterocycles. The molecule has 1 aromatic carbocycles. The van der Waals surface area contributed by atoms with Gasteiger partial charge in [0.15, 0.2) is 0 Å². The molecule has 0 saturated carbocycles. The molecule has 0 bridgehead atoms. The molecule has 0 aromatic heterocycles. The highest BCUT2D eigenvalue weighted by molar-refractivity contribution is 6.33. The summed E-state index contributed by atoms with van der Waals surface area (Å²) in [6.07, 6.45) is 0.272. The molecule has 0 atom stereocenters. The van der Waals surface area contributed by atoms with Crippen LogP contribution in [0.4, 0.5) is 5.69 Å². The number of anilines is 1. The van der Waals surface area contributed by atoms with Crippen LogP contribution in [0.1, 0.15) is 30.6 Å². The zero-order valence-corrected chi connectivity index (χ0v) is 12.5. The second kappa shape index (κ2) is 7.75. The summed E-state index contributed by atoms with van der Waals surface area (Å²) in [6, 6.07) is 4.88. The van der Waals surface area contributed by atoms with Gasteiger partial charge in [-0.1, -0.05) is 17.7 Å². The monoisotopic (exact) mass is 297 g/mol. The van der Waals surface area contributed by atoms with Crippen LogP contribution in [0.3, 0.4) is 0 Å². The quantitative estimate of drug-likeness (QED) is 0.788. The molecule has 0 aliphatic rings. The summed E-state index contributed by atoms with van der Waals surface area (Å²) < 4.78 is 0. The van der Waals surface area contributed by atoms with Gasteiger partial charge in [0.2, 0.25) is 5.91 Å². The van der Waals surface area contributed by atoms with Gasteiger partial charge in [0.1, 0.15) is 0 Å². The summed E-state index contributed by atoms with van der Waals surface area (Å²) in [5, 5.41) is 3.02. The molecule has 0 radical (unpaired) electrons. The van der Waals surface area contributed by atoms with Gasteiger partial charge in [-0.25, -0.2) is 0 Å². The molecule has 3 N–H and O–H groups in total. The molecular weight excluding hydrogens is 278 g/mol. The van der Waals surface area contributed by atoms with Crippen LogP contribution in [0, 0.1) is 0 Å². The minimum Gasteiger partial charge on any atom is -0.397 e. The van der Waals surface area contributed by atoms with Crippen molar-refractivity contribution in [3.05, 3.63) is 28.8 Å². The Balaban J connectivity index is 2.52. The van der Waals surface area contributed by atoms with Gasteiger partial charge in [0, 0.05) is 26.1 Å². The van der Waals surface area contributed by atoms with Crippen LogP contribution in [-0.2, 0) is 4.79 Å². The second-order valence-electron chi connectivity index (χ2n) is 4.27. The summed E-state index contributed by atoms with van der Waals surface area (Å²) in [5.41, 5.74) is 6.32. The van der Waals surface area contributed by atoms with Gasteiger partial charge < -0.3 is 16.0 Å². The predicted molar refractivity (Wildman–Crippen MR) is 80.7 cm³/mol. The Morgan fingerprint density at radius 2 is 1.95 bits per heavy atom. The van der Waals surface area contributed by atoms with Crippen molar-refractivity contribution in [3.63, 3.8) is 0 Å². The molecule has 0 fully saturated rings. The Morgan fingerprint density at radius 3 is 2.55 bits per heavy atom. The standard InChI is InChI=1S/C14H20ClN3O2/c1-3-18(4-2)12(19)8-9-17-14(20)10-6-5-7-11(15)13(10)16/h5-7H,3-4,8-9,16H2,1-2H3,(H,17,20). The predicted octanol–water partition coefficient (Wildman–Crippen LogP) is 1.91. The number of rotatable bonds is 6. The lowest BCUT2D eigenvalue weighted by Crippen LogP contribution is -2.34. The smallest absolute Gasteiger partial charge is 0.253 e. The number of hydrogen-bond donors (Lipinski definition) is 2. The fraction of sp³-hybridized carbons (Fsp3) is 0.429. The Labute approximate surface area is 124 Å². The summed E-state index contributed by atoms with van der Waals surface area (Å²) in [6.45, 7) is 5.47. The molecule has 20 heavy (non-hydrogen) atoms. The van der Waals surface area contributed by atoms with E-state index in [2.05, 4.69) is 5.32 Å². The SMILES string of the molecule is CCN(CC)C(=O)CCNC(=O)c1cccc(Cl)c1N. The number of halogens is 1. The summed E-state index contributed by atoms with van der Waals surface area (Å²) in [7, 11) is 0. The van der Waals surface area contributed by atoms with Crippen LogP contribution < -0.4 is 11.1 Å². The minimum atomic E-state index is -0.322. The van der Waals surface area contributed by atoms with E-state index >= 15 is 0 Å². The van der Waals surface area contributed by atoms with Crippen LogP contribution in [0.15, 0.2) is 18.2 Å². The molecule has 0 heterocycles. The molecular formula is C14H20ClN3O2.